The molecule has 0 aliphatic rings. The van der Waals surface area contributed by atoms with Crippen molar-refractivity contribution >= 4 is 5.97 Å². The monoisotopic (exact) mass is 222 g/mol. The van der Waals surface area contributed by atoms with Gasteiger partial charge in [-0.05, 0) is 5.56 Å². The number of hydrogen-bond acceptors (Lipinski definition) is 2. The second-order valence-corrected chi connectivity index (χ2v) is 2.81. The summed E-state index contributed by atoms with van der Waals surface area (Å²) in [5, 5.41) is 10.1. The summed E-state index contributed by atoms with van der Waals surface area (Å²) in [7, 11) is 0. The maximum absolute atomic E-state index is 10.1. The molecule has 0 amide bonds. The fourth-order valence-electron chi connectivity index (χ4n) is 0.959. The zero-order chi connectivity index (χ0) is 10.9. The predicted molar refractivity (Wildman–Crippen MR) is 57.2 cm³/mol. The summed E-state index contributed by atoms with van der Waals surface area (Å²) in [5.74, 6) is -1.13. The number of carbonyl (C=O) groups is 1. The van der Waals surface area contributed by atoms with E-state index in [1.54, 1.807) is 18.2 Å². The van der Waals surface area contributed by atoms with E-state index in [-0.39, 0.29) is 35.1 Å². The molecule has 0 heterocycles. The normalized spacial score (nSPS) is 8.00. The Morgan fingerprint density at radius 2 is 1.06 bits per heavy atom. The number of rotatable bonds is 1. The summed E-state index contributed by atoms with van der Waals surface area (Å²) in [5.41, 5.74) is 0.220. The Hall–Kier alpha value is -1.09. The maximum atomic E-state index is 10.1. The Kier molecular flexibility index (Phi) is 8.53. The van der Waals surface area contributed by atoms with Gasteiger partial charge in [0.05, 0.1) is 5.97 Å². The molecule has 3 heteroatoms. The van der Waals surface area contributed by atoms with Crippen LogP contribution in [0.1, 0.15) is 10.4 Å². The number of carbonyl (C=O) groups excluding carboxylic acids is 1. The first-order valence-corrected chi connectivity index (χ1v) is 4.57. The molecule has 0 aliphatic heterocycles. The van der Waals surface area contributed by atoms with Crippen LogP contribution in [0.3, 0.4) is 0 Å². The molecular weight excluding hydrogens is 211 g/mol. The van der Waals surface area contributed by atoms with Crippen LogP contribution in [0.4, 0.5) is 0 Å². The molecule has 0 aliphatic carbocycles. The minimum absolute atomic E-state index is 0. The van der Waals surface area contributed by atoms with Gasteiger partial charge >= 0.3 is 29.6 Å². The molecule has 0 atom stereocenters. The summed E-state index contributed by atoms with van der Waals surface area (Å²) >= 11 is 0. The summed E-state index contributed by atoms with van der Waals surface area (Å²) in [6, 6.07) is 20.1. The zero-order valence-electron chi connectivity index (χ0n) is 9.17. The number of hydrogen-bond donors (Lipinski definition) is 0. The number of carboxylic acids is 1. The molecule has 0 saturated heterocycles. The first-order chi connectivity index (χ1) is 7.30. The zero-order valence-corrected chi connectivity index (χ0v) is 11.2. The van der Waals surface area contributed by atoms with Gasteiger partial charge in [-0.2, -0.15) is 0 Å². The van der Waals surface area contributed by atoms with Gasteiger partial charge in [-0.15, -0.1) is 0 Å². The van der Waals surface area contributed by atoms with Crippen molar-refractivity contribution in [2.45, 2.75) is 0 Å². The molecule has 2 aromatic carbocycles. The Morgan fingerprint density at radius 1 is 0.750 bits per heavy atom. The topological polar surface area (TPSA) is 40.1 Å². The van der Waals surface area contributed by atoms with Gasteiger partial charge in [0.1, 0.15) is 0 Å². The van der Waals surface area contributed by atoms with Crippen LogP contribution >= 0.6 is 0 Å². The maximum Gasteiger partial charge on any atom is 1.00 e. The third-order valence-corrected chi connectivity index (χ3v) is 1.68. The largest absolute Gasteiger partial charge is 1.00 e. The van der Waals surface area contributed by atoms with Crippen LogP contribution in [-0.4, -0.2) is 5.97 Å². The molecule has 0 aromatic heterocycles. The van der Waals surface area contributed by atoms with Crippen LogP contribution in [-0.2, 0) is 0 Å². The van der Waals surface area contributed by atoms with Crippen molar-refractivity contribution in [1.29, 1.82) is 0 Å². The van der Waals surface area contributed by atoms with E-state index < -0.39 is 5.97 Å². The Bertz CT molecular complexity index is 360. The number of carboxylic acid groups (broad SMARTS) is 1. The van der Waals surface area contributed by atoms with Crippen LogP contribution in [0.5, 0.6) is 0 Å². The van der Waals surface area contributed by atoms with Crippen LogP contribution in [0.15, 0.2) is 66.7 Å². The van der Waals surface area contributed by atoms with Gasteiger partial charge < -0.3 is 9.90 Å². The van der Waals surface area contributed by atoms with E-state index in [1.807, 2.05) is 36.4 Å². The van der Waals surface area contributed by atoms with E-state index in [4.69, 9.17) is 0 Å². The molecule has 2 rings (SSSR count). The summed E-state index contributed by atoms with van der Waals surface area (Å²) < 4.78 is 0. The molecular formula is C13H11NaO2. The number of aromatic carboxylic acids is 1. The van der Waals surface area contributed by atoms with Gasteiger partial charge in [0.25, 0.3) is 0 Å². The first kappa shape index (κ1) is 14.9. The van der Waals surface area contributed by atoms with E-state index in [0.29, 0.717) is 0 Å². The van der Waals surface area contributed by atoms with Crippen molar-refractivity contribution in [3.8, 4) is 0 Å². The molecule has 0 spiro atoms. The molecule has 0 radical (unpaired) electrons. The smallest absolute Gasteiger partial charge is 0.545 e. The fraction of sp³-hybridized carbons (Fsp3) is 0. The summed E-state index contributed by atoms with van der Waals surface area (Å²) in [6.45, 7) is 0. The molecule has 0 bridgehead atoms. The van der Waals surface area contributed by atoms with Crippen molar-refractivity contribution in [2.75, 3.05) is 0 Å². The average Bonchev–Trinajstić information content (AvgIpc) is 2.33. The van der Waals surface area contributed by atoms with Gasteiger partial charge in [0.2, 0.25) is 0 Å². The van der Waals surface area contributed by atoms with Crippen LogP contribution in [0.25, 0.3) is 0 Å². The van der Waals surface area contributed by atoms with Gasteiger partial charge in [-0.3, -0.25) is 0 Å². The van der Waals surface area contributed by atoms with Crippen molar-refractivity contribution in [2.24, 2.45) is 0 Å². The molecule has 76 valence electrons. The van der Waals surface area contributed by atoms with Gasteiger partial charge in [0, 0.05) is 0 Å². The molecule has 0 N–H and O–H groups in total. The molecule has 2 nitrogen and oxygen atoms in total. The molecule has 0 fully saturated rings. The average molecular weight is 222 g/mol. The third-order valence-electron chi connectivity index (χ3n) is 1.68. The van der Waals surface area contributed by atoms with E-state index in [2.05, 4.69) is 0 Å². The quantitative estimate of drug-likeness (QED) is 0.565. The summed E-state index contributed by atoms with van der Waals surface area (Å²) in [4.78, 5) is 10.1. The van der Waals surface area contributed by atoms with Gasteiger partial charge in [-0.25, -0.2) is 0 Å². The Morgan fingerprint density at radius 3 is 1.31 bits per heavy atom. The van der Waals surface area contributed by atoms with Crippen molar-refractivity contribution in [3.05, 3.63) is 72.3 Å². The number of benzene rings is 2. The predicted octanol–water partition coefficient (Wildman–Crippen LogP) is -1.26. The second-order valence-electron chi connectivity index (χ2n) is 2.81. The summed E-state index contributed by atoms with van der Waals surface area (Å²) in [6.07, 6.45) is 0. The Balaban J connectivity index is 0.000000283. The van der Waals surface area contributed by atoms with Crippen LogP contribution in [0.2, 0.25) is 0 Å². The minimum atomic E-state index is -1.13. The van der Waals surface area contributed by atoms with Gasteiger partial charge in [-0.1, -0.05) is 66.7 Å². The first-order valence-electron chi connectivity index (χ1n) is 4.57. The molecule has 0 unspecified atom stereocenters. The van der Waals surface area contributed by atoms with Gasteiger partial charge in [0.15, 0.2) is 0 Å². The van der Waals surface area contributed by atoms with E-state index in [9.17, 15) is 9.90 Å². The van der Waals surface area contributed by atoms with E-state index in [1.165, 1.54) is 12.1 Å². The van der Waals surface area contributed by atoms with E-state index >= 15 is 0 Å². The van der Waals surface area contributed by atoms with Crippen molar-refractivity contribution in [1.82, 2.24) is 0 Å². The molecule has 2 aromatic rings. The van der Waals surface area contributed by atoms with Crippen molar-refractivity contribution < 1.29 is 39.5 Å². The second kappa shape index (κ2) is 9.16. The Labute approximate surface area is 117 Å². The fourth-order valence-corrected chi connectivity index (χ4v) is 0.959. The minimum Gasteiger partial charge on any atom is -0.545 e. The molecule has 16 heavy (non-hydrogen) atoms. The van der Waals surface area contributed by atoms with Crippen LogP contribution in [0, 0.1) is 0 Å². The third kappa shape index (κ3) is 6.40. The van der Waals surface area contributed by atoms with Crippen LogP contribution < -0.4 is 34.7 Å². The molecule has 0 saturated carbocycles. The van der Waals surface area contributed by atoms with E-state index in [0.717, 1.165) is 0 Å². The SMILES string of the molecule is O=C([O-])c1ccccc1.[Na+].c1ccccc1. The standard InChI is InChI=1S/C7H6O2.C6H6.Na/c8-7(9)6-4-2-1-3-5-6;1-2-4-6-5-3-1;/h1-5H,(H,8,9);1-6H;/q;;+1/p-1. The van der Waals surface area contributed by atoms with Crippen molar-refractivity contribution in [3.63, 3.8) is 0 Å².